The summed E-state index contributed by atoms with van der Waals surface area (Å²) in [6.07, 6.45) is 12.7. The third kappa shape index (κ3) is 3.41. The zero-order valence-corrected chi connectivity index (χ0v) is 11.8. The van der Waals surface area contributed by atoms with Crippen LogP contribution in [0.1, 0.15) is 44.9 Å². The Morgan fingerprint density at radius 2 is 1.85 bits per heavy atom. The van der Waals surface area contributed by atoms with E-state index in [4.69, 9.17) is 4.42 Å². The molecule has 20 heavy (non-hydrogen) atoms. The molecule has 3 heteroatoms. The number of aromatic nitrogens is 1. The van der Waals surface area contributed by atoms with E-state index in [0.717, 1.165) is 11.3 Å². The van der Waals surface area contributed by atoms with Crippen molar-refractivity contribution in [3.63, 3.8) is 0 Å². The summed E-state index contributed by atoms with van der Waals surface area (Å²) in [6, 6.07) is 9.03. The Labute approximate surface area is 120 Å². The molecule has 0 aliphatic heterocycles. The van der Waals surface area contributed by atoms with E-state index in [0.29, 0.717) is 6.04 Å². The van der Waals surface area contributed by atoms with Gasteiger partial charge in [-0.15, -0.1) is 0 Å². The highest BCUT2D eigenvalue weighted by molar-refractivity contribution is 5.63. The molecule has 1 aliphatic rings. The molecule has 0 spiro atoms. The maximum Gasteiger partial charge on any atom is 0.181 e. The monoisotopic (exact) mass is 270 g/mol. The Balaban J connectivity index is 1.69. The Kier molecular flexibility index (Phi) is 4.36. The highest BCUT2D eigenvalue weighted by Crippen LogP contribution is 2.25. The van der Waals surface area contributed by atoms with E-state index in [1.54, 1.807) is 6.20 Å². The summed E-state index contributed by atoms with van der Waals surface area (Å²) in [4.78, 5) is 3.98. The smallest absolute Gasteiger partial charge is 0.181 e. The lowest BCUT2D eigenvalue weighted by atomic mass is 9.96. The second-order valence-corrected chi connectivity index (χ2v) is 5.63. The van der Waals surface area contributed by atoms with E-state index >= 15 is 0 Å². The molecule has 0 saturated heterocycles. The van der Waals surface area contributed by atoms with Crippen molar-refractivity contribution in [3.05, 3.63) is 36.9 Å². The Morgan fingerprint density at radius 1 is 1.05 bits per heavy atom. The van der Waals surface area contributed by atoms with Gasteiger partial charge in [-0.05, 0) is 25.0 Å². The molecule has 0 amide bonds. The van der Waals surface area contributed by atoms with Crippen LogP contribution in [0.4, 0.5) is 5.69 Å². The van der Waals surface area contributed by atoms with Gasteiger partial charge in [0.1, 0.15) is 0 Å². The van der Waals surface area contributed by atoms with Gasteiger partial charge in [-0.25, -0.2) is 4.98 Å². The van der Waals surface area contributed by atoms with Crippen LogP contribution in [0.5, 0.6) is 0 Å². The molecule has 106 valence electrons. The molecule has 0 bridgehead atoms. The molecule has 1 saturated carbocycles. The van der Waals surface area contributed by atoms with Gasteiger partial charge in [0.25, 0.3) is 0 Å². The normalized spacial score (nSPS) is 17.4. The van der Waals surface area contributed by atoms with E-state index in [1.165, 1.54) is 57.0 Å². The fourth-order valence-electron chi connectivity index (χ4n) is 2.96. The maximum atomic E-state index is 5.36. The molecule has 1 aromatic heterocycles. The van der Waals surface area contributed by atoms with Gasteiger partial charge in [-0.2, -0.15) is 0 Å². The standard InChI is InChI=1S/C17H22N2O/c1-2-4-8-15(9-5-3-1)19-16-10-6-7-14(11-16)17-12-18-13-20-17/h6-7,10-13,15,19H,1-5,8-9H2. The van der Waals surface area contributed by atoms with Gasteiger partial charge >= 0.3 is 0 Å². The number of nitrogens with zero attached hydrogens (tertiary/aromatic N) is 1. The molecule has 2 aromatic rings. The van der Waals surface area contributed by atoms with Crippen molar-refractivity contribution in [1.29, 1.82) is 0 Å². The van der Waals surface area contributed by atoms with Crippen molar-refractivity contribution in [2.45, 2.75) is 51.0 Å². The van der Waals surface area contributed by atoms with E-state index < -0.39 is 0 Å². The third-order valence-corrected chi connectivity index (χ3v) is 4.06. The number of anilines is 1. The second kappa shape index (κ2) is 6.60. The van der Waals surface area contributed by atoms with Crippen LogP contribution in [0, 0.1) is 0 Å². The van der Waals surface area contributed by atoms with Crippen LogP contribution < -0.4 is 5.32 Å². The van der Waals surface area contributed by atoms with Crippen molar-refractivity contribution in [3.8, 4) is 11.3 Å². The summed E-state index contributed by atoms with van der Waals surface area (Å²) in [7, 11) is 0. The van der Waals surface area contributed by atoms with Crippen LogP contribution in [0.25, 0.3) is 11.3 Å². The molecule has 3 rings (SSSR count). The van der Waals surface area contributed by atoms with Crippen LogP contribution in [0.15, 0.2) is 41.3 Å². The molecule has 0 unspecified atom stereocenters. The van der Waals surface area contributed by atoms with E-state index in [-0.39, 0.29) is 0 Å². The van der Waals surface area contributed by atoms with Gasteiger partial charge < -0.3 is 9.73 Å². The molecule has 0 atom stereocenters. The van der Waals surface area contributed by atoms with Crippen LogP contribution in [-0.4, -0.2) is 11.0 Å². The van der Waals surface area contributed by atoms with Gasteiger partial charge in [0.15, 0.2) is 12.2 Å². The average molecular weight is 270 g/mol. The predicted molar refractivity (Wildman–Crippen MR) is 81.7 cm³/mol. The van der Waals surface area contributed by atoms with E-state index in [1.807, 2.05) is 0 Å². The Hall–Kier alpha value is -1.77. The summed E-state index contributed by atoms with van der Waals surface area (Å²) in [5.41, 5.74) is 2.27. The van der Waals surface area contributed by atoms with Crippen LogP contribution in [0.2, 0.25) is 0 Å². The van der Waals surface area contributed by atoms with E-state index in [9.17, 15) is 0 Å². The van der Waals surface area contributed by atoms with Crippen molar-refractivity contribution in [1.82, 2.24) is 4.98 Å². The van der Waals surface area contributed by atoms with Crippen LogP contribution >= 0.6 is 0 Å². The summed E-state index contributed by atoms with van der Waals surface area (Å²) < 4.78 is 5.36. The largest absolute Gasteiger partial charge is 0.444 e. The lowest BCUT2D eigenvalue weighted by molar-refractivity contribution is 0.471. The summed E-state index contributed by atoms with van der Waals surface area (Å²) in [5.74, 6) is 0.825. The van der Waals surface area contributed by atoms with Crippen molar-refractivity contribution in [2.75, 3.05) is 5.32 Å². The first-order valence-electron chi connectivity index (χ1n) is 7.67. The van der Waals surface area contributed by atoms with Crippen LogP contribution in [0.3, 0.4) is 0 Å². The van der Waals surface area contributed by atoms with Crippen molar-refractivity contribution < 1.29 is 4.42 Å². The fourth-order valence-corrected chi connectivity index (χ4v) is 2.96. The highest BCUT2D eigenvalue weighted by atomic mass is 16.3. The first kappa shape index (κ1) is 13.2. The minimum absolute atomic E-state index is 0.611. The molecule has 1 fully saturated rings. The van der Waals surface area contributed by atoms with Gasteiger partial charge in [0, 0.05) is 17.3 Å². The molecule has 1 N–H and O–H groups in total. The average Bonchev–Trinajstić information content (AvgIpc) is 2.96. The minimum atomic E-state index is 0.611. The molecule has 1 heterocycles. The third-order valence-electron chi connectivity index (χ3n) is 4.06. The lowest BCUT2D eigenvalue weighted by Crippen LogP contribution is -2.20. The minimum Gasteiger partial charge on any atom is -0.444 e. The predicted octanol–water partition coefficient (Wildman–Crippen LogP) is 4.87. The topological polar surface area (TPSA) is 38.1 Å². The first-order chi connectivity index (χ1) is 9.92. The van der Waals surface area contributed by atoms with E-state index in [2.05, 4.69) is 34.6 Å². The molecule has 3 nitrogen and oxygen atoms in total. The van der Waals surface area contributed by atoms with Crippen molar-refractivity contribution in [2.24, 2.45) is 0 Å². The summed E-state index contributed by atoms with van der Waals surface area (Å²) in [6.45, 7) is 0. The lowest BCUT2D eigenvalue weighted by Gasteiger charge is -2.22. The zero-order valence-electron chi connectivity index (χ0n) is 11.8. The van der Waals surface area contributed by atoms with Gasteiger partial charge in [0.2, 0.25) is 0 Å². The molecular weight excluding hydrogens is 248 g/mol. The molecular formula is C17H22N2O. The molecule has 1 aromatic carbocycles. The molecule has 1 aliphatic carbocycles. The van der Waals surface area contributed by atoms with Gasteiger partial charge in [0.05, 0.1) is 6.20 Å². The number of rotatable bonds is 3. The van der Waals surface area contributed by atoms with Crippen LogP contribution in [-0.2, 0) is 0 Å². The van der Waals surface area contributed by atoms with Gasteiger partial charge in [-0.3, -0.25) is 0 Å². The Morgan fingerprint density at radius 3 is 2.60 bits per heavy atom. The molecule has 0 radical (unpaired) electrons. The second-order valence-electron chi connectivity index (χ2n) is 5.63. The summed E-state index contributed by atoms with van der Waals surface area (Å²) in [5, 5.41) is 3.69. The number of oxazole rings is 1. The number of nitrogens with one attached hydrogen (secondary N) is 1. The quantitative estimate of drug-likeness (QED) is 0.865. The fraction of sp³-hybridized carbons (Fsp3) is 0.471. The first-order valence-corrected chi connectivity index (χ1v) is 7.67. The van der Waals surface area contributed by atoms with Gasteiger partial charge in [-0.1, -0.05) is 44.2 Å². The number of benzene rings is 1. The SMILES string of the molecule is c1cc(NC2CCCCCCC2)cc(-c2cnco2)c1. The Bertz CT molecular complexity index is 514. The summed E-state index contributed by atoms with van der Waals surface area (Å²) >= 11 is 0. The zero-order chi connectivity index (χ0) is 13.6. The number of hydrogen-bond donors (Lipinski definition) is 1. The number of hydrogen-bond acceptors (Lipinski definition) is 3. The highest BCUT2D eigenvalue weighted by Gasteiger charge is 2.11. The van der Waals surface area contributed by atoms with Crippen molar-refractivity contribution >= 4 is 5.69 Å². The maximum absolute atomic E-state index is 5.36.